The Morgan fingerprint density at radius 3 is 2.11 bits per heavy atom. The van der Waals surface area contributed by atoms with Gasteiger partial charge >= 0.3 is 12.1 Å². The molecule has 5 heteroatoms. The molecule has 0 radical (unpaired) electrons. The van der Waals surface area contributed by atoms with Crippen molar-refractivity contribution in [3.8, 4) is 0 Å². The molecule has 0 spiro atoms. The number of carbonyl (C=O) groups is 2. The van der Waals surface area contributed by atoms with E-state index in [1.54, 1.807) is 27.7 Å². The first-order chi connectivity index (χ1) is 8.56. The van der Waals surface area contributed by atoms with Crippen LogP contribution in [0, 0.1) is 5.92 Å². The van der Waals surface area contributed by atoms with Crippen LogP contribution in [0.4, 0.5) is 4.79 Å². The maximum Gasteiger partial charge on any atom is 0.408 e. The molecule has 2 unspecified atom stereocenters. The van der Waals surface area contributed by atoms with Crippen molar-refractivity contribution >= 4 is 12.1 Å². The molecule has 0 aromatic carbocycles. The fraction of sp³-hybridized carbons (Fsp3) is 0.857. The average molecular weight is 273 g/mol. The van der Waals surface area contributed by atoms with E-state index in [1.807, 2.05) is 13.8 Å². The zero-order valence-electron chi connectivity index (χ0n) is 12.9. The van der Waals surface area contributed by atoms with Gasteiger partial charge in [0.1, 0.15) is 11.1 Å². The molecule has 1 amide bonds. The standard InChI is InChI=1S/C14H27NO4/c1-7-10(3)9-14(8-2,11(16)17)15-12(18)19-13(4,5)6/h10H,7-9H2,1-6H3,(H,15,18)(H,16,17). The normalized spacial score (nSPS) is 16.3. The molecule has 0 aliphatic rings. The number of carbonyl (C=O) groups excluding carboxylic acids is 1. The lowest BCUT2D eigenvalue weighted by molar-refractivity contribution is -0.146. The summed E-state index contributed by atoms with van der Waals surface area (Å²) in [6, 6.07) is 0. The summed E-state index contributed by atoms with van der Waals surface area (Å²) in [5.41, 5.74) is -1.89. The summed E-state index contributed by atoms with van der Waals surface area (Å²) in [5.74, 6) is -0.799. The SMILES string of the molecule is CCC(C)CC(CC)(NC(=O)OC(C)(C)C)C(=O)O. The van der Waals surface area contributed by atoms with Gasteiger partial charge in [0.15, 0.2) is 0 Å². The Kier molecular flexibility index (Phi) is 6.33. The molecule has 0 rings (SSSR count). The monoisotopic (exact) mass is 273 g/mol. The van der Waals surface area contributed by atoms with E-state index in [1.165, 1.54) is 0 Å². The zero-order valence-corrected chi connectivity index (χ0v) is 12.9. The van der Waals surface area contributed by atoms with Crippen LogP contribution in [0.3, 0.4) is 0 Å². The number of hydrogen-bond acceptors (Lipinski definition) is 3. The number of nitrogens with one attached hydrogen (secondary N) is 1. The number of carboxylic acids is 1. The largest absolute Gasteiger partial charge is 0.480 e. The van der Waals surface area contributed by atoms with Crippen LogP contribution < -0.4 is 5.32 Å². The molecule has 0 heterocycles. The van der Waals surface area contributed by atoms with Gasteiger partial charge in [-0.05, 0) is 39.5 Å². The van der Waals surface area contributed by atoms with Gasteiger partial charge in [-0.3, -0.25) is 0 Å². The third kappa shape index (κ3) is 5.94. The van der Waals surface area contributed by atoms with Crippen LogP contribution in [0.25, 0.3) is 0 Å². The van der Waals surface area contributed by atoms with Gasteiger partial charge in [-0.15, -0.1) is 0 Å². The van der Waals surface area contributed by atoms with E-state index in [4.69, 9.17) is 4.74 Å². The molecule has 0 aromatic rings. The lowest BCUT2D eigenvalue weighted by Crippen LogP contribution is -2.56. The molecule has 0 aliphatic heterocycles. The Balaban J connectivity index is 4.95. The van der Waals surface area contributed by atoms with Crippen molar-refractivity contribution in [2.24, 2.45) is 5.92 Å². The van der Waals surface area contributed by atoms with Crippen molar-refractivity contribution in [1.82, 2.24) is 5.32 Å². The van der Waals surface area contributed by atoms with E-state index in [0.717, 1.165) is 6.42 Å². The molecular formula is C14H27NO4. The molecule has 2 atom stereocenters. The molecule has 2 N–H and O–H groups in total. The van der Waals surface area contributed by atoms with Crippen LogP contribution >= 0.6 is 0 Å². The summed E-state index contributed by atoms with van der Waals surface area (Å²) >= 11 is 0. The van der Waals surface area contributed by atoms with Crippen LogP contribution in [0.1, 0.15) is 60.8 Å². The number of carboxylic acid groups (broad SMARTS) is 1. The third-order valence-corrected chi connectivity index (χ3v) is 3.15. The lowest BCUT2D eigenvalue weighted by atomic mass is 9.85. The molecule has 0 aromatic heterocycles. The smallest absolute Gasteiger partial charge is 0.408 e. The van der Waals surface area contributed by atoms with Crippen LogP contribution in [0.2, 0.25) is 0 Å². The minimum Gasteiger partial charge on any atom is -0.480 e. The van der Waals surface area contributed by atoms with Gasteiger partial charge < -0.3 is 15.2 Å². The second-order valence-electron chi connectivity index (χ2n) is 6.09. The second-order valence-corrected chi connectivity index (χ2v) is 6.09. The number of alkyl carbamates (subject to hydrolysis) is 1. The number of hydrogen-bond donors (Lipinski definition) is 2. The number of rotatable bonds is 6. The van der Waals surface area contributed by atoms with E-state index in [0.29, 0.717) is 12.8 Å². The van der Waals surface area contributed by atoms with Crippen molar-refractivity contribution in [1.29, 1.82) is 0 Å². The molecule has 0 saturated heterocycles. The predicted molar refractivity (Wildman–Crippen MR) is 74.1 cm³/mol. The first-order valence-corrected chi connectivity index (χ1v) is 6.81. The van der Waals surface area contributed by atoms with Gasteiger partial charge in [-0.2, -0.15) is 0 Å². The van der Waals surface area contributed by atoms with Crippen molar-refractivity contribution in [2.75, 3.05) is 0 Å². The molecular weight excluding hydrogens is 246 g/mol. The zero-order chi connectivity index (χ0) is 15.3. The van der Waals surface area contributed by atoms with Crippen molar-refractivity contribution in [2.45, 2.75) is 71.9 Å². The van der Waals surface area contributed by atoms with Gasteiger partial charge in [-0.1, -0.05) is 27.2 Å². The quantitative estimate of drug-likeness (QED) is 0.779. The summed E-state index contributed by atoms with van der Waals surface area (Å²) in [5, 5.41) is 12.0. The van der Waals surface area contributed by atoms with Crippen LogP contribution in [0.5, 0.6) is 0 Å². The van der Waals surface area contributed by atoms with Crippen LogP contribution in [-0.4, -0.2) is 28.3 Å². The Labute approximate surface area is 115 Å². The van der Waals surface area contributed by atoms with Crippen molar-refractivity contribution in [3.05, 3.63) is 0 Å². The molecule has 0 fully saturated rings. The summed E-state index contributed by atoms with van der Waals surface area (Å²) in [4.78, 5) is 23.3. The summed E-state index contributed by atoms with van der Waals surface area (Å²) in [7, 11) is 0. The number of ether oxygens (including phenoxy) is 1. The fourth-order valence-electron chi connectivity index (χ4n) is 1.81. The summed E-state index contributed by atoms with van der Waals surface area (Å²) in [6.07, 6.45) is 0.908. The maximum atomic E-state index is 11.8. The third-order valence-electron chi connectivity index (χ3n) is 3.15. The topological polar surface area (TPSA) is 75.6 Å². The first kappa shape index (κ1) is 17.7. The molecule has 0 bridgehead atoms. The highest BCUT2D eigenvalue weighted by Gasteiger charge is 2.40. The van der Waals surface area contributed by atoms with Gasteiger partial charge in [0.05, 0.1) is 0 Å². The fourth-order valence-corrected chi connectivity index (χ4v) is 1.81. The maximum absolute atomic E-state index is 11.8. The Hall–Kier alpha value is -1.26. The van der Waals surface area contributed by atoms with Crippen molar-refractivity contribution < 1.29 is 19.4 Å². The Bertz CT molecular complexity index is 322. The molecule has 19 heavy (non-hydrogen) atoms. The van der Waals surface area contributed by atoms with Gasteiger partial charge in [0.2, 0.25) is 0 Å². The highest BCUT2D eigenvalue weighted by Crippen LogP contribution is 2.24. The first-order valence-electron chi connectivity index (χ1n) is 6.81. The van der Waals surface area contributed by atoms with Gasteiger partial charge in [0.25, 0.3) is 0 Å². The Morgan fingerprint density at radius 2 is 1.79 bits per heavy atom. The second kappa shape index (κ2) is 6.78. The van der Waals surface area contributed by atoms with E-state index in [2.05, 4.69) is 5.32 Å². The molecule has 5 nitrogen and oxygen atoms in total. The summed E-state index contributed by atoms with van der Waals surface area (Å²) < 4.78 is 5.15. The molecule has 112 valence electrons. The minimum atomic E-state index is -1.25. The average Bonchev–Trinajstić information content (AvgIpc) is 2.24. The number of amides is 1. The van der Waals surface area contributed by atoms with Crippen LogP contribution in [0.15, 0.2) is 0 Å². The summed E-state index contributed by atoms with van der Waals surface area (Å²) in [6.45, 7) is 11.0. The van der Waals surface area contributed by atoms with Gasteiger partial charge in [0, 0.05) is 0 Å². The van der Waals surface area contributed by atoms with Crippen molar-refractivity contribution in [3.63, 3.8) is 0 Å². The van der Waals surface area contributed by atoms with E-state index in [-0.39, 0.29) is 5.92 Å². The van der Waals surface area contributed by atoms with Gasteiger partial charge in [-0.25, -0.2) is 9.59 Å². The Morgan fingerprint density at radius 1 is 1.26 bits per heavy atom. The molecule has 0 saturated carbocycles. The van der Waals surface area contributed by atoms with E-state index in [9.17, 15) is 14.7 Å². The van der Waals surface area contributed by atoms with Crippen LogP contribution in [-0.2, 0) is 9.53 Å². The minimum absolute atomic E-state index is 0.214. The highest BCUT2D eigenvalue weighted by atomic mass is 16.6. The lowest BCUT2D eigenvalue weighted by Gasteiger charge is -2.32. The predicted octanol–water partition coefficient (Wildman–Crippen LogP) is 3.18. The highest BCUT2D eigenvalue weighted by molar-refractivity contribution is 5.84. The van der Waals surface area contributed by atoms with E-state index < -0.39 is 23.2 Å². The number of aliphatic carboxylic acids is 1. The van der Waals surface area contributed by atoms with E-state index >= 15 is 0 Å². The molecule has 0 aliphatic carbocycles.